The van der Waals surface area contributed by atoms with Crippen LogP contribution in [0.15, 0.2) is 75.6 Å². The molecule has 0 saturated carbocycles. The van der Waals surface area contributed by atoms with Crippen molar-refractivity contribution in [1.82, 2.24) is 4.90 Å². The number of hydrogen-bond acceptors (Lipinski definition) is 7. The molecule has 0 unspecified atom stereocenters. The van der Waals surface area contributed by atoms with Gasteiger partial charge in [0.15, 0.2) is 6.10 Å². The molecule has 41 heavy (non-hydrogen) atoms. The molecule has 0 aliphatic carbocycles. The van der Waals surface area contributed by atoms with Gasteiger partial charge in [-0.25, -0.2) is 9.69 Å². The van der Waals surface area contributed by atoms with E-state index >= 15 is 0 Å². The number of amides is 2. The third-order valence-electron chi connectivity index (χ3n) is 7.28. The van der Waals surface area contributed by atoms with Gasteiger partial charge in [0.2, 0.25) is 5.91 Å². The van der Waals surface area contributed by atoms with Gasteiger partial charge in [-0.3, -0.25) is 9.59 Å². The number of cyclic esters (lactones) is 1. The van der Waals surface area contributed by atoms with Crippen molar-refractivity contribution in [1.29, 1.82) is 0 Å². The van der Waals surface area contributed by atoms with Crippen LogP contribution in [-0.2, 0) is 31.9 Å². The monoisotopic (exact) mass is 625 g/mol. The summed E-state index contributed by atoms with van der Waals surface area (Å²) in [6.07, 6.45) is 1.88. The molecule has 1 N–H and O–H groups in total. The number of furan rings is 1. The Kier molecular flexibility index (Phi) is 10.8. The summed E-state index contributed by atoms with van der Waals surface area (Å²) in [6, 6.07) is 19.9. The van der Waals surface area contributed by atoms with Crippen LogP contribution in [0.25, 0.3) is 0 Å². The molecular formula is C32H36BrNO7. The van der Waals surface area contributed by atoms with Gasteiger partial charge in [0.1, 0.15) is 17.6 Å². The van der Waals surface area contributed by atoms with Crippen molar-refractivity contribution in [3.63, 3.8) is 0 Å². The Morgan fingerprint density at radius 1 is 1.02 bits per heavy atom. The zero-order chi connectivity index (χ0) is 29.4. The van der Waals surface area contributed by atoms with E-state index in [4.69, 9.17) is 19.0 Å². The fraction of sp³-hybridized carbons (Fsp3) is 0.406. The number of aliphatic hydroxyl groups excluding tert-OH is 1. The van der Waals surface area contributed by atoms with Gasteiger partial charge in [0.25, 0.3) is 0 Å². The minimum absolute atomic E-state index is 0.171. The Bertz CT molecular complexity index is 1310. The Balaban J connectivity index is 1.66. The normalized spacial score (nSPS) is 18.1. The first-order chi connectivity index (χ1) is 19.8. The minimum atomic E-state index is -1.07. The van der Waals surface area contributed by atoms with E-state index in [0.29, 0.717) is 17.9 Å². The molecule has 4 atom stereocenters. The number of benzene rings is 2. The second kappa shape index (κ2) is 14.5. The second-order valence-electron chi connectivity index (χ2n) is 10.3. The van der Waals surface area contributed by atoms with Crippen molar-refractivity contribution in [3.8, 4) is 0 Å². The lowest BCUT2D eigenvalue weighted by Gasteiger charge is -2.29. The lowest BCUT2D eigenvalue weighted by Crippen LogP contribution is -2.44. The number of hydrogen-bond donors (Lipinski definition) is 1. The number of carbonyl (C=O) groups is 3. The van der Waals surface area contributed by atoms with Gasteiger partial charge in [-0.2, -0.15) is 0 Å². The Morgan fingerprint density at radius 2 is 1.68 bits per heavy atom. The van der Waals surface area contributed by atoms with Crippen molar-refractivity contribution in [2.45, 2.75) is 70.6 Å². The Morgan fingerprint density at radius 3 is 2.34 bits per heavy atom. The molecular weight excluding hydrogens is 590 g/mol. The maximum Gasteiger partial charge on any atom is 0.417 e. The lowest BCUT2D eigenvalue weighted by atomic mass is 9.90. The van der Waals surface area contributed by atoms with E-state index in [1.165, 1.54) is 6.92 Å². The van der Waals surface area contributed by atoms with E-state index in [-0.39, 0.29) is 13.0 Å². The first kappa shape index (κ1) is 30.5. The third kappa shape index (κ3) is 7.65. The summed E-state index contributed by atoms with van der Waals surface area (Å²) >= 11 is 3.56. The van der Waals surface area contributed by atoms with E-state index in [2.05, 4.69) is 15.9 Å². The highest BCUT2D eigenvalue weighted by Crippen LogP contribution is 2.39. The van der Waals surface area contributed by atoms with Crippen LogP contribution >= 0.6 is 15.9 Å². The first-order valence-corrected chi connectivity index (χ1v) is 14.8. The molecule has 4 rings (SSSR count). The highest BCUT2D eigenvalue weighted by atomic mass is 79.9. The molecule has 218 valence electrons. The molecule has 2 amide bonds. The van der Waals surface area contributed by atoms with Crippen molar-refractivity contribution in [2.24, 2.45) is 5.92 Å². The van der Waals surface area contributed by atoms with Gasteiger partial charge in [-0.1, -0.05) is 73.5 Å². The summed E-state index contributed by atoms with van der Waals surface area (Å²) in [4.78, 5) is 40.9. The summed E-state index contributed by atoms with van der Waals surface area (Å²) in [5.74, 6) is -1.02. The molecule has 1 aromatic heterocycles. The molecule has 1 fully saturated rings. The van der Waals surface area contributed by atoms with Gasteiger partial charge in [0.05, 0.1) is 16.4 Å². The largest absolute Gasteiger partial charge is 0.461 e. The van der Waals surface area contributed by atoms with Crippen LogP contribution in [0.2, 0.25) is 0 Å². The average Bonchev–Trinajstić information content (AvgIpc) is 3.48. The van der Waals surface area contributed by atoms with Crippen molar-refractivity contribution >= 4 is 33.9 Å². The third-order valence-corrected chi connectivity index (χ3v) is 7.95. The standard InChI is InChI=1S/C32H36BrNO7/c1-21-29(24-15-9-6-10-16-24)41-32(38)34(21)31(37)25(19-23-13-7-5-8-14-23)30(39-22(2)36)28-20-26(33)27(40-28)17-11-3-4-12-18-35/h5-10,13-16,20-21,25,29-30,35H,3-4,11-12,17-19H2,1-2H3/t21-,25-,29-,30-/m1/s1. The van der Waals surface area contributed by atoms with Gasteiger partial charge in [-0.15, -0.1) is 0 Å². The summed E-state index contributed by atoms with van der Waals surface area (Å²) in [5.41, 5.74) is 1.64. The average molecular weight is 627 g/mol. The summed E-state index contributed by atoms with van der Waals surface area (Å²) < 4.78 is 18.4. The fourth-order valence-corrected chi connectivity index (χ4v) is 5.73. The van der Waals surface area contributed by atoms with Crippen LogP contribution in [0.4, 0.5) is 4.79 Å². The highest BCUT2D eigenvalue weighted by Gasteiger charge is 2.48. The van der Waals surface area contributed by atoms with Crippen molar-refractivity contribution in [3.05, 3.63) is 93.9 Å². The molecule has 9 heteroatoms. The molecule has 2 heterocycles. The maximum absolute atomic E-state index is 14.3. The van der Waals surface area contributed by atoms with Crippen LogP contribution in [0, 0.1) is 5.92 Å². The van der Waals surface area contributed by atoms with Crippen LogP contribution in [-0.4, -0.2) is 40.6 Å². The lowest BCUT2D eigenvalue weighted by molar-refractivity contribution is -0.155. The first-order valence-electron chi connectivity index (χ1n) is 14.0. The quantitative estimate of drug-likeness (QED) is 0.166. The molecule has 1 aliphatic rings. The number of rotatable bonds is 13. The molecule has 8 nitrogen and oxygen atoms in total. The molecule has 0 bridgehead atoms. The number of carbonyl (C=O) groups excluding carboxylic acids is 3. The van der Waals surface area contributed by atoms with E-state index in [1.807, 2.05) is 60.7 Å². The van der Waals surface area contributed by atoms with Gasteiger partial charge < -0.3 is 19.0 Å². The Hall–Kier alpha value is -3.43. The minimum Gasteiger partial charge on any atom is -0.461 e. The molecule has 3 aromatic rings. The molecule has 1 aliphatic heterocycles. The summed E-state index contributed by atoms with van der Waals surface area (Å²) in [7, 11) is 0. The van der Waals surface area contributed by atoms with Crippen molar-refractivity contribution in [2.75, 3.05) is 6.61 Å². The van der Waals surface area contributed by atoms with Crippen molar-refractivity contribution < 1.29 is 33.4 Å². The smallest absolute Gasteiger partial charge is 0.417 e. The highest BCUT2D eigenvalue weighted by molar-refractivity contribution is 9.10. The zero-order valence-electron chi connectivity index (χ0n) is 23.3. The van der Waals surface area contributed by atoms with E-state index in [9.17, 15) is 14.4 Å². The zero-order valence-corrected chi connectivity index (χ0v) is 24.9. The van der Waals surface area contributed by atoms with E-state index in [1.54, 1.807) is 13.0 Å². The Labute approximate surface area is 248 Å². The van der Waals surface area contributed by atoms with Crippen LogP contribution in [0.3, 0.4) is 0 Å². The number of aliphatic hydroxyl groups is 1. The van der Waals surface area contributed by atoms with E-state index < -0.39 is 42.1 Å². The van der Waals surface area contributed by atoms with Crippen LogP contribution < -0.4 is 0 Å². The molecule has 2 aromatic carbocycles. The molecule has 0 radical (unpaired) electrons. The number of imide groups is 1. The second-order valence-corrected chi connectivity index (χ2v) is 11.2. The number of ether oxygens (including phenoxy) is 2. The fourth-order valence-electron chi connectivity index (χ4n) is 5.22. The van der Waals surface area contributed by atoms with Gasteiger partial charge in [-0.05, 0) is 59.3 Å². The number of aryl methyl sites for hydroxylation is 1. The van der Waals surface area contributed by atoms with Crippen LogP contribution in [0.1, 0.15) is 74.4 Å². The predicted molar refractivity (Wildman–Crippen MR) is 156 cm³/mol. The summed E-state index contributed by atoms with van der Waals surface area (Å²) in [5, 5.41) is 9.02. The number of unbranched alkanes of at least 4 members (excludes halogenated alkanes) is 3. The topological polar surface area (TPSA) is 106 Å². The molecule has 1 saturated heterocycles. The summed E-state index contributed by atoms with van der Waals surface area (Å²) in [6.45, 7) is 3.24. The molecule has 0 spiro atoms. The SMILES string of the molecule is CC(=O)O[C@@H](c1cc(Br)c(CCCCCCO)o1)[C@@H](Cc1ccccc1)C(=O)N1C(=O)O[C@@H](c2ccccc2)[C@H]1C. The van der Waals surface area contributed by atoms with Crippen LogP contribution in [0.5, 0.6) is 0 Å². The number of esters is 1. The predicted octanol–water partition coefficient (Wildman–Crippen LogP) is 6.71. The van der Waals surface area contributed by atoms with Gasteiger partial charge in [0, 0.05) is 20.0 Å². The number of nitrogens with zero attached hydrogens (tertiary/aromatic N) is 1. The maximum atomic E-state index is 14.3. The number of halogens is 1. The van der Waals surface area contributed by atoms with E-state index in [0.717, 1.165) is 46.2 Å². The van der Waals surface area contributed by atoms with Gasteiger partial charge >= 0.3 is 12.1 Å².